The van der Waals surface area contributed by atoms with Crippen LogP contribution in [0.4, 0.5) is 21.9 Å². The number of carbonyl (C=O) groups excluding carboxylic acids is 2. The number of aryl methyl sites for hydroxylation is 1. The predicted octanol–water partition coefficient (Wildman–Crippen LogP) is 3.46. The lowest BCUT2D eigenvalue weighted by Crippen LogP contribution is -2.49. The number of rotatable bonds is 8. The minimum Gasteiger partial charge on any atom is -0.464 e. The van der Waals surface area contributed by atoms with Gasteiger partial charge in [0.2, 0.25) is 0 Å². The molecule has 2 fully saturated rings. The van der Waals surface area contributed by atoms with E-state index in [4.69, 9.17) is 13.9 Å². The second kappa shape index (κ2) is 9.97. The molecule has 2 N–H and O–H groups in total. The van der Waals surface area contributed by atoms with E-state index < -0.39 is 23.2 Å². The summed E-state index contributed by atoms with van der Waals surface area (Å²) in [6.07, 6.45) is -0.368. The molecule has 38 heavy (non-hydrogen) atoms. The molecule has 0 aliphatic carbocycles. The largest absolute Gasteiger partial charge is 0.509 e. The minimum absolute atomic E-state index is 0.116. The zero-order valence-corrected chi connectivity index (χ0v) is 21.4. The van der Waals surface area contributed by atoms with Crippen LogP contribution in [0.1, 0.15) is 47.7 Å². The maximum atomic E-state index is 13.2. The molecule has 3 heterocycles. The second-order valence-corrected chi connectivity index (χ2v) is 9.95. The van der Waals surface area contributed by atoms with Gasteiger partial charge in [-0.15, -0.1) is 0 Å². The third kappa shape index (κ3) is 4.65. The number of methoxy groups -OCH3 is 1. The lowest BCUT2D eigenvalue weighted by molar-refractivity contribution is -0.115. The fourth-order valence-electron chi connectivity index (χ4n) is 4.87. The Morgan fingerprint density at radius 2 is 1.89 bits per heavy atom. The van der Waals surface area contributed by atoms with E-state index in [0.29, 0.717) is 49.6 Å². The van der Waals surface area contributed by atoms with Crippen molar-refractivity contribution in [2.45, 2.75) is 39.0 Å². The van der Waals surface area contributed by atoms with Gasteiger partial charge in [0, 0.05) is 29.6 Å². The molecule has 11 nitrogen and oxygen atoms in total. The Morgan fingerprint density at radius 3 is 2.55 bits per heavy atom. The van der Waals surface area contributed by atoms with Gasteiger partial charge in [0.25, 0.3) is 16.8 Å². The summed E-state index contributed by atoms with van der Waals surface area (Å²) >= 11 is 0. The molecule has 2 saturated heterocycles. The zero-order chi connectivity index (χ0) is 27.0. The van der Waals surface area contributed by atoms with Crippen molar-refractivity contribution in [3.63, 3.8) is 0 Å². The Hall–Kier alpha value is -4.12. The van der Waals surface area contributed by atoms with Crippen molar-refractivity contribution < 1.29 is 28.2 Å². The smallest absolute Gasteiger partial charge is 0.464 e. The van der Waals surface area contributed by atoms with Crippen molar-refractivity contribution >= 4 is 29.1 Å². The molecule has 2 aliphatic rings. The summed E-state index contributed by atoms with van der Waals surface area (Å²) in [5, 5.41) is 6.23. The van der Waals surface area contributed by atoms with Crippen LogP contribution in [0.3, 0.4) is 0 Å². The van der Waals surface area contributed by atoms with Gasteiger partial charge >= 0.3 is 6.16 Å². The number of carbonyl (C=O) groups is 2. The van der Waals surface area contributed by atoms with Crippen molar-refractivity contribution in [3.05, 3.63) is 73.9 Å². The number of furan rings is 1. The maximum absolute atomic E-state index is 13.2. The molecule has 2 aromatic carbocycles. The van der Waals surface area contributed by atoms with Gasteiger partial charge in [-0.2, -0.15) is 0 Å². The first-order valence-electron chi connectivity index (χ1n) is 12.4. The lowest BCUT2D eigenvalue weighted by atomic mass is 9.79. The summed E-state index contributed by atoms with van der Waals surface area (Å²) < 4.78 is 21.0. The van der Waals surface area contributed by atoms with Crippen LogP contribution in [-0.4, -0.2) is 50.1 Å². The molecule has 200 valence electrons. The topological polar surface area (TPSA) is 136 Å². The Morgan fingerprint density at radius 1 is 1.13 bits per heavy atom. The summed E-state index contributed by atoms with van der Waals surface area (Å²) in [5.41, 5.74) is -0.538. The standard InChI is InChI=1S/C27H29N3O8/c1-15-9-10-18(37-15)24(27(2)13-36-14-27)29-21-20(22(31)23(21)32)28-17-7-4-6-16(12-17)25(33)30-11-5-8-19(30)38-26(34)35-3/h4,6-7,9-10,12,19,24,28-29H,5,8,11,13-14H2,1-3H3. The third-order valence-corrected chi connectivity index (χ3v) is 7.04. The van der Waals surface area contributed by atoms with Gasteiger partial charge in [-0.05, 0) is 43.7 Å². The van der Waals surface area contributed by atoms with Crippen LogP contribution in [0, 0.1) is 12.3 Å². The van der Waals surface area contributed by atoms with Gasteiger partial charge in [-0.3, -0.25) is 14.4 Å². The normalized spacial score (nSPS) is 19.0. The molecule has 5 rings (SSSR count). The summed E-state index contributed by atoms with van der Waals surface area (Å²) in [5.74, 6) is 1.06. The fraction of sp³-hybridized carbons (Fsp3) is 0.407. The molecule has 1 aromatic heterocycles. The number of ether oxygens (including phenoxy) is 3. The number of amides is 1. The highest BCUT2D eigenvalue weighted by atomic mass is 16.7. The van der Waals surface area contributed by atoms with E-state index in [2.05, 4.69) is 15.4 Å². The van der Waals surface area contributed by atoms with Crippen LogP contribution in [0.2, 0.25) is 0 Å². The van der Waals surface area contributed by atoms with Gasteiger partial charge in [0.05, 0.1) is 26.4 Å². The molecule has 3 aromatic rings. The Bertz CT molecular complexity index is 1430. The second-order valence-electron chi connectivity index (χ2n) is 9.95. The molecular weight excluding hydrogens is 494 g/mol. The number of benzene rings is 1. The molecule has 0 spiro atoms. The Kier molecular flexibility index (Phi) is 6.70. The van der Waals surface area contributed by atoms with Crippen molar-refractivity contribution in [3.8, 4) is 0 Å². The van der Waals surface area contributed by atoms with E-state index in [1.54, 1.807) is 24.3 Å². The van der Waals surface area contributed by atoms with Crippen molar-refractivity contribution in [1.82, 2.24) is 4.90 Å². The minimum atomic E-state index is -0.851. The van der Waals surface area contributed by atoms with Crippen LogP contribution in [-0.2, 0) is 14.2 Å². The number of anilines is 3. The number of nitrogens with one attached hydrogen (secondary N) is 2. The van der Waals surface area contributed by atoms with Crippen LogP contribution in [0.15, 0.2) is 50.4 Å². The number of nitrogens with zero attached hydrogens (tertiary/aromatic N) is 1. The summed E-state index contributed by atoms with van der Waals surface area (Å²) in [6.45, 7) is 5.24. The first-order chi connectivity index (χ1) is 18.2. The number of likely N-dealkylation sites (tertiary alicyclic amines) is 1. The van der Waals surface area contributed by atoms with E-state index in [0.717, 1.165) is 5.76 Å². The molecule has 1 amide bonds. The lowest BCUT2D eigenvalue weighted by Gasteiger charge is -2.44. The molecule has 2 aliphatic heterocycles. The van der Waals surface area contributed by atoms with Crippen LogP contribution in [0.5, 0.6) is 0 Å². The van der Waals surface area contributed by atoms with Crippen LogP contribution >= 0.6 is 0 Å². The highest BCUT2D eigenvalue weighted by molar-refractivity contribution is 5.96. The summed E-state index contributed by atoms with van der Waals surface area (Å²) in [7, 11) is 1.21. The van der Waals surface area contributed by atoms with Gasteiger partial charge in [-0.1, -0.05) is 13.0 Å². The fourth-order valence-corrected chi connectivity index (χ4v) is 4.87. The summed E-state index contributed by atoms with van der Waals surface area (Å²) in [6, 6.07) is 9.89. The average Bonchev–Trinajstić information content (AvgIpc) is 3.55. The quantitative estimate of drug-likeness (QED) is 0.334. The first-order valence-corrected chi connectivity index (χ1v) is 12.4. The molecule has 11 heteroatoms. The van der Waals surface area contributed by atoms with E-state index in [9.17, 15) is 19.2 Å². The van der Waals surface area contributed by atoms with Gasteiger partial charge in [0.15, 0.2) is 6.23 Å². The third-order valence-electron chi connectivity index (χ3n) is 7.04. The Balaban J connectivity index is 1.36. The zero-order valence-electron chi connectivity index (χ0n) is 21.4. The van der Waals surface area contributed by atoms with Crippen molar-refractivity contribution in [2.75, 3.05) is 37.5 Å². The van der Waals surface area contributed by atoms with Gasteiger partial charge in [0.1, 0.15) is 22.9 Å². The molecule has 0 saturated carbocycles. The molecule has 2 atom stereocenters. The molecule has 2 unspecified atom stereocenters. The number of hydrogen-bond acceptors (Lipinski definition) is 10. The summed E-state index contributed by atoms with van der Waals surface area (Å²) in [4.78, 5) is 51.3. The molecular formula is C27H29N3O8. The maximum Gasteiger partial charge on any atom is 0.509 e. The van der Waals surface area contributed by atoms with Crippen LogP contribution < -0.4 is 21.5 Å². The van der Waals surface area contributed by atoms with Gasteiger partial charge < -0.3 is 34.2 Å². The van der Waals surface area contributed by atoms with E-state index >= 15 is 0 Å². The van der Waals surface area contributed by atoms with Crippen LogP contribution in [0.25, 0.3) is 0 Å². The van der Waals surface area contributed by atoms with E-state index in [1.165, 1.54) is 12.0 Å². The van der Waals surface area contributed by atoms with Gasteiger partial charge in [-0.25, -0.2) is 4.79 Å². The van der Waals surface area contributed by atoms with E-state index in [1.807, 2.05) is 26.0 Å². The highest BCUT2D eigenvalue weighted by Crippen LogP contribution is 2.43. The monoisotopic (exact) mass is 523 g/mol. The van der Waals surface area contributed by atoms with Crippen molar-refractivity contribution in [2.24, 2.45) is 5.41 Å². The molecule has 0 bridgehead atoms. The number of hydrogen-bond donors (Lipinski definition) is 2. The van der Waals surface area contributed by atoms with Crippen molar-refractivity contribution in [1.29, 1.82) is 0 Å². The highest BCUT2D eigenvalue weighted by Gasteiger charge is 2.45. The predicted molar refractivity (Wildman–Crippen MR) is 137 cm³/mol. The molecule has 0 radical (unpaired) electrons. The Labute approximate surface area is 218 Å². The SMILES string of the molecule is COC(=O)OC1CCCN1C(=O)c1cccc(Nc2c(NC(c3ccc(C)o3)C3(C)COC3)c(=O)c2=O)c1. The average molecular weight is 524 g/mol. The van der Waals surface area contributed by atoms with E-state index in [-0.39, 0.29) is 28.7 Å². The first kappa shape index (κ1) is 25.5.